The molecule has 1 amide bonds. The molecule has 2 heterocycles. The van der Waals surface area contributed by atoms with Gasteiger partial charge in [-0.05, 0) is 49.2 Å². The number of hydrogen-bond acceptors (Lipinski definition) is 5. The summed E-state index contributed by atoms with van der Waals surface area (Å²) in [4.78, 5) is 22.3. The largest absolute Gasteiger partial charge is 0.379 e. The van der Waals surface area contributed by atoms with E-state index in [1.54, 1.807) is 23.1 Å². The number of benzene rings is 2. The van der Waals surface area contributed by atoms with Gasteiger partial charge in [0.05, 0.1) is 34.0 Å². The fourth-order valence-corrected chi connectivity index (χ4v) is 5.14. The summed E-state index contributed by atoms with van der Waals surface area (Å²) in [5.74, 6) is -0.211. The highest BCUT2D eigenvalue weighted by Gasteiger charge is 2.24. The molecule has 0 radical (unpaired) electrons. The van der Waals surface area contributed by atoms with E-state index in [0.717, 1.165) is 55.0 Å². The van der Waals surface area contributed by atoms with Crippen LogP contribution in [0.4, 0.5) is 5.13 Å². The quantitative estimate of drug-likeness (QED) is 0.369. The van der Waals surface area contributed by atoms with E-state index in [-0.39, 0.29) is 18.3 Å². The van der Waals surface area contributed by atoms with Crippen LogP contribution in [0, 0.1) is 6.92 Å². The molecule has 1 aliphatic heterocycles. The fourth-order valence-electron chi connectivity index (χ4n) is 3.57. The summed E-state index contributed by atoms with van der Waals surface area (Å²) >= 11 is 20.2. The molecule has 0 aliphatic carbocycles. The number of halogens is 4. The molecule has 3 aromatic rings. The van der Waals surface area contributed by atoms with Crippen LogP contribution in [0.1, 0.15) is 22.3 Å². The second-order valence-corrected chi connectivity index (χ2v) is 9.66. The van der Waals surface area contributed by atoms with E-state index >= 15 is 0 Å². The lowest BCUT2D eigenvalue weighted by molar-refractivity contribution is 0.0376. The van der Waals surface area contributed by atoms with E-state index < -0.39 is 0 Å². The Bertz CT molecular complexity index is 1100. The lowest BCUT2D eigenvalue weighted by Gasteiger charge is -2.27. The Balaban J connectivity index is 0.00000289. The van der Waals surface area contributed by atoms with Gasteiger partial charge in [-0.3, -0.25) is 14.6 Å². The van der Waals surface area contributed by atoms with Crippen LogP contribution in [-0.4, -0.2) is 55.2 Å². The minimum Gasteiger partial charge on any atom is -0.379 e. The number of anilines is 1. The number of fused-ring (bicyclic) bond motifs is 1. The number of morpholine rings is 1. The van der Waals surface area contributed by atoms with Crippen molar-refractivity contribution < 1.29 is 9.53 Å². The number of thiazole rings is 1. The molecule has 10 heteroatoms. The number of aryl methyl sites for hydroxylation is 1. The van der Waals surface area contributed by atoms with Gasteiger partial charge in [0.1, 0.15) is 0 Å². The second-order valence-electron chi connectivity index (χ2n) is 7.40. The number of aromatic nitrogens is 1. The van der Waals surface area contributed by atoms with E-state index in [1.165, 1.54) is 11.3 Å². The molecule has 5 nitrogen and oxygen atoms in total. The first-order chi connectivity index (χ1) is 14.9. The molecule has 32 heavy (non-hydrogen) atoms. The lowest BCUT2D eigenvalue weighted by Crippen LogP contribution is -2.39. The Morgan fingerprint density at radius 3 is 2.62 bits per heavy atom. The third-order valence-electron chi connectivity index (χ3n) is 5.33. The zero-order valence-corrected chi connectivity index (χ0v) is 21.3. The average Bonchev–Trinajstić information content (AvgIpc) is 3.20. The van der Waals surface area contributed by atoms with Crippen LogP contribution < -0.4 is 4.90 Å². The van der Waals surface area contributed by atoms with Gasteiger partial charge in [-0.2, -0.15) is 0 Å². The lowest BCUT2D eigenvalue weighted by atomic mass is 10.2. The first kappa shape index (κ1) is 25.5. The highest BCUT2D eigenvalue weighted by molar-refractivity contribution is 7.22. The maximum absolute atomic E-state index is 13.5. The summed E-state index contributed by atoms with van der Waals surface area (Å²) in [6, 6.07) is 8.72. The van der Waals surface area contributed by atoms with Crippen molar-refractivity contribution in [2.24, 2.45) is 0 Å². The topological polar surface area (TPSA) is 45.7 Å². The van der Waals surface area contributed by atoms with Crippen LogP contribution in [0.2, 0.25) is 15.1 Å². The van der Waals surface area contributed by atoms with Crippen LogP contribution in [0.15, 0.2) is 30.3 Å². The SMILES string of the molecule is Cc1c(Cl)ccc2sc(N(CCCN3CCOCC3)C(=O)c3cc(Cl)ccc3Cl)nc12.Cl. The minimum atomic E-state index is -0.211. The number of carbonyl (C=O) groups is 1. The van der Waals surface area contributed by atoms with Gasteiger partial charge in [-0.25, -0.2) is 4.98 Å². The molecule has 0 unspecified atom stereocenters. The standard InChI is InChI=1S/C22H22Cl3N3O2S.ClH/c1-14-17(24)5-6-19-20(14)26-22(31-19)28(8-2-7-27-9-11-30-12-10-27)21(29)16-13-15(23)3-4-18(16)25;/h3-6,13H,2,7-12H2,1H3;1H. The molecule has 0 bridgehead atoms. The summed E-state index contributed by atoms with van der Waals surface area (Å²) in [6.07, 6.45) is 0.805. The van der Waals surface area contributed by atoms with E-state index in [0.29, 0.717) is 32.3 Å². The molecular weight excluding hydrogens is 512 g/mol. The highest BCUT2D eigenvalue weighted by atomic mass is 35.5. The maximum Gasteiger partial charge on any atom is 0.261 e. The van der Waals surface area contributed by atoms with Gasteiger partial charge in [0, 0.05) is 36.2 Å². The molecule has 1 aliphatic rings. The Morgan fingerprint density at radius 2 is 1.88 bits per heavy atom. The van der Waals surface area contributed by atoms with Crippen molar-refractivity contribution in [1.82, 2.24) is 9.88 Å². The van der Waals surface area contributed by atoms with Crippen molar-refractivity contribution in [1.29, 1.82) is 0 Å². The number of carbonyl (C=O) groups excluding carboxylic acids is 1. The first-order valence-electron chi connectivity index (χ1n) is 10.1. The molecule has 2 aromatic carbocycles. The average molecular weight is 535 g/mol. The molecule has 0 N–H and O–H groups in total. The number of nitrogens with zero attached hydrogens (tertiary/aromatic N) is 3. The van der Waals surface area contributed by atoms with Crippen molar-refractivity contribution >= 4 is 79.8 Å². The van der Waals surface area contributed by atoms with Gasteiger partial charge < -0.3 is 4.74 Å². The van der Waals surface area contributed by atoms with Crippen LogP contribution in [0.5, 0.6) is 0 Å². The first-order valence-corrected chi connectivity index (χ1v) is 12.0. The van der Waals surface area contributed by atoms with Crippen molar-refractivity contribution in [2.45, 2.75) is 13.3 Å². The van der Waals surface area contributed by atoms with Crippen LogP contribution in [0.3, 0.4) is 0 Å². The molecule has 1 saturated heterocycles. The van der Waals surface area contributed by atoms with Crippen molar-refractivity contribution in [3.05, 3.63) is 56.5 Å². The van der Waals surface area contributed by atoms with E-state index in [2.05, 4.69) is 4.90 Å². The predicted molar refractivity (Wildman–Crippen MR) is 137 cm³/mol. The van der Waals surface area contributed by atoms with Gasteiger partial charge in [0.25, 0.3) is 5.91 Å². The maximum atomic E-state index is 13.5. The van der Waals surface area contributed by atoms with E-state index in [1.807, 2.05) is 19.1 Å². The molecule has 0 atom stereocenters. The van der Waals surface area contributed by atoms with E-state index in [4.69, 9.17) is 44.5 Å². The highest BCUT2D eigenvalue weighted by Crippen LogP contribution is 2.35. The molecule has 172 valence electrons. The number of rotatable bonds is 6. The van der Waals surface area contributed by atoms with Crippen LogP contribution in [0.25, 0.3) is 10.2 Å². The van der Waals surface area contributed by atoms with Crippen molar-refractivity contribution in [3.8, 4) is 0 Å². The van der Waals surface area contributed by atoms with Crippen LogP contribution in [-0.2, 0) is 4.74 Å². The van der Waals surface area contributed by atoms with Gasteiger partial charge >= 0.3 is 0 Å². The van der Waals surface area contributed by atoms with E-state index in [9.17, 15) is 4.79 Å². The third kappa shape index (κ3) is 5.68. The van der Waals surface area contributed by atoms with Gasteiger partial charge in [0.15, 0.2) is 5.13 Å². The Kier molecular flexibility index (Phi) is 9.04. The number of ether oxygens (including phenoxy) is 1. The van der Waals surface area contributed by atoms with Crippen molar-refractivity contribution in [3.63, 3.8) is 0 Å². The van der Waals surface area contributed by atoms with Crippen LogP contribution >= 0.6 is 58.5 Å². The Morgan fingerprint density at radius 1 is 1.16 bits per heavy atom. The fraction of sp³-hybridized carbons (Fsp3) is 0.364. The number of amides is 1. The summed E-state index contributed by atoms with van der Waals surface area (Å²) < 4.78 is 6.41. The molecule has 1 fully saturated rings. The summed E-state index contributed by atoms with van der Waals surface area (Å²) in [6.45, 7) is 6.65. The second kappa shape index (κ2) is 11.3. The van der Waals surface area contributed by atoms with Gasteiger partial charge in [-0.15, -0.1) is 12.4 Å². The Labute approximate surface area is 212 Å². The number of hydrogen-bond donors (Lipinski definition) is 0. The molecule has 0 spiro atoms. The molecular formula is C22H23Cl4N3O2S. The minimum absolute atomic E-state index is 0. The monoisotopic (exact) mass is 533 g/mol. The van der Waals surface area contributed by atoms with Gasteiger partial charge in [0.2, 0.25) is 0 Å². The Hall–Kier alpha value is -1.12. The normalized spacial score (nSPS) is 14.4. The zero-order chi connectivity index (χ0) is 22.0. The summed E-state index contributed by atoms with van der Waals surface area (Å²) in [5.41, 5.74) is 2.09. The smallest absolute Gasteiger partial charge is 0.261 e. The van der Waals surface area contributed by atoms with Crippen molar-refractivity contribution in [2.75, 3.05) is 44.3 Å². The summed E-state index contributed by atoms with van der Waals surface area (Å²) in [7, 11) is 0. The predicted octanol–water partition coefficient (Wildman–Crippen LogP) is 6.36. The van der Waals surface area contributed by atoms with Gasteiger partial charge in [-0.1, -0.05) is 46.1 Å². The molecule has 4 rings (SSSR count). The molecule has 1 aromatic heterocycles. The zero-order valence-electron chi connectivity index (χ0n) is 17.4. The summed E-state index contributed by atoms with van der Waals surface area (Å²) in [5, 5.41) is 2.12. The molecule has 0 saturated carbocycles. The third-order valence-corrected chi connectivity index (χ3v) is 7.35.